The summed E-state index contributed by atoms with van der Waals surface area (Å²) in [7, 11) is -0.771. The zero-order valence-electron chi connectivity index (χ0n) is 18.5. The average Bonchev–Trinajstić information content (AvgIpc) is 3.36. The van der Waals surface area contributed by atoms with Crippen LogP contribution in [0.4, 0.5) is 4.79 Å². The van der Waals surface area contributed by atoms with Crippen molar-refractivity contribution in [2.24, 2.45) is 0 Å². The first-order valence-electron chi connectivity index (χ1n) is 11.0. The molecule has 5 nitrogen and oxygen atoms in total. The van der Waals surface area contributed by atoms with Crippen LogP contribution in [0.15, 0.2) is 60.7 Å². The Kier molecular flexibility index (Phi) is 6.34. The van der Waals surface area contributed by atoms with E-state index in [1.165, 1.54) is 10.6 Å². The molecule has 2 heterocycles. The van der Waals surface area contributed by atoms with Crippen LogP contribution in [-0.2, 0) is 9.53 Å². The van der Waals surface area contributed by atoms with Gasteiger partial charge in [0.2, 0.25) is 5.91 Å². The average molecular weight is 439 g/mol. The van der Waals surface area contributed by atoms with Gasteiger partial charge in [0.05, 0.1) is 11.7 Å². The molecule has 2 aromatic carbocycles. The van der Waals surface area contributed by atoms with Crippen molar-refractivity contribution in [3.8, 4) is 0 Å². The molecule has 2 unspecified atom stereocenters. The summed E-state index contributed by atoms with van der Waals surface area (Å²) in [5.41, 5.74) is -0.527. The minimum atomic E-state index is -0.771. The van der Waals surface area contributed by atoms with E-state index in [4.69, 9.17) is 4.74 Å². The van der Waals surface area contributed by atoms with Crippen molar-refractivity contribution in [2.45, 2.75) is 50.9 Å². The van der Waals surface area contributed by atoms with Gasteiger partial charge in [-0.15, -0.1) is 0 Å². The number of hydrogen-bond acceptors (Lipinski definition) is 3. The summed E-state index contributed by atoms with van der Waals surface area (Å²) < 4.78 is 5.52. The van der Waals surface area contributed by atoms with Crippen LogP contribution in [0.5, 0.6) is 0 Å². The molecule has 0 spiro atoms. The van der Waals surface area contributed by atoms with Gasteiger partial charge < -0.3 is 14.5 Å². The molecule has 2 atom stereocenters. The first-order chi connectivity index (χ1) is 14.8. The number of nitrogens with zero attached hydrogens (tertiary/aromatic N) is 2. The Morgan fingerprint density at radius 2 is 1.52 bits per heavy atom. The molecular formula is C25H31N2O3P. The number of rotatable bonds is 4. The number of amides is 2. The van der Waals surface area contributed by atoms with Crippen LogP contribution in [0.2, 0.25) is 0 Å². The van der Waals surface area contributed by atoms with Gasteiger partial charge in [0.25, 0.3) is 0 Å². The number of carbonyl (C=O) groups excluding carboxylic acids is 2. The predicted molar refractivity (Wildman–Crippen MR) is 125 cm³/mol. The lowest BCUT2D eigenvalue weighted by Gasteiger charge is -2.28. The van der Waals surface area contributed by atoms with E-state index in [0.717, 1.165) is 19.4 Å². The van der Waals surface area contributed by atoms with Gasteiger partial charge in [0.1, 0.15) is 5.60 Å². The summed E-state index contributed by atoms with van der Waals surface area (Å²) in [6, 6.07) is 20.9. The van der Waals surface area contributed by atoms with Crippen LogP contribution in [-0.4, -0.2) is 58.7 Å². The Balaban J connectivity index is 1.50. The smallest absolute Gasteiger partial charge is 0.410 e. The Hall–Kier alpha value is -2.39. The van der Waals surface area contributed by atoms with Crippen molar-refractivity contribution >= 4 is 30.5 Å². The highest BCUT2D eigenvalue weighted by Crippen LogP contribution is 2.45. The Labute approximate surface area is 186 Å². The molecule has 2 amide bonds. The Morgan fingerprint density at radius 3 is 2.06 bits per heavy atom. The zero-order valence-corrected chi connectivity index (χ0v) is 19.4. The third-order valence-electron chi connectivity index (χ3n) is 5.85. The Morgan fingerprint density at radius 1 is 0.935 bits per heavy atom. The SMILES string of the molecule is CC(C)(C)OC(=O)N1CCC(N2CCC(P(c3ccccc3)c3ccccc3)C2=O)C1. The van der Waals surface area contributed by atoms with E-state index in [9.17, 15) is 9.59 Å². The Bertz CT molecular complexity index is 874. The third-order valence-corrected chi connectivity index (χ3v) is 8.66. The van der Waals surface area contributed by atoms with Gasteiger partial charge >= 0.3 is 6.09 Å². The van der Waals surface area contributed by atoms with Crippen LogP contribution in [0.3, 0.4) is 0 Å². The summed E-state index contributed by atoms with van der Waals surface area (Å²) in [4.78, 5) is 29.8. The van der Waals surface area contributed by atoms with Crippen LogP contribution in [0.25, 0.3) is 0 Å². The maximum absolute atomic E-state index is 13.6. The molecule has 0 aromatic heterocycles. The highest BCUT2D eigenvalue weighted by molar-refractivity contribution is 7.74. The fraction of sp³-hybridized carbons (Fsp3) is 0.440. The zero-order chi connectivity index (χ0) is 22.0. The van der Waals surface area contributed by atoms with Crippen LogP contribution < -0.4 is 10.6 Å². The molecule has 2 fully saturated rings. The molecule has 0 radical (unpaired) electrons. The minimum absolute atomic E-state index is 0.0182. The third kappa shape index (κ3) is 4.93. The highest BCUT2D eigenvalue weighted by Gasteiger charge is 2.43. The number of hydrogen-bond donors (Lipinski definition) is 0. The second kappa shape index (κ2) is 9.00. The molecule has 2 aromatic rings. The topological polar surface area (TPSA) is 49.9 Å². The van der Waals surface area contributed by atoms with Gasteiger partial charge in [0, 0.05) is 19.6 Å². The minimum Gasteiger partial charge on any atom is -0.444 e. The van der Waals surface area contributed by atoms with E-state index < -0.39 is 13.5 Å². The van der Waals surface area contributed by atoms with E-state index in [1.807, 2.05) is 37.8 Å². The number of likely N-dealkylation sites (tertiary alicyclic amines) is 2. The van der Waals surface area contributed by atoms with Gasteiger partial charge in [-0.05, 0) is 52.1 Å². The van der Waals surface area contributed by atoms with Crippen LogP contribution in [0.1, 0.15) is 33.6 Å². The van der Waals surface area contributed by atoms with Gasteiger partial charge in [0.15, 0.2) is 0 Å². The van der Waals surface area contributed by atoms with E-state index in [-0.39, 0.29) is 23.7 Å². The van der Waals surface area contributed by atoms with Gasteiger partial charge in [-0.3, -0.25) is 4.79 Å². The summed E-state index contributed by atoms with van der Waals surface area (Å²) in [5.74, 6) is 0.231. The molecule has 31 heavy (non-hydrogen) atoms. The van der Waals surface area contributed by atoms with Gasteiger partial charge in [-0.25, -0.2) is 4.79 Å². The number of carbonyl (C=O) groups is 2. The fourth-order valence-corrected chi connectivity index (χ4v) is 7.21. The van der Waals surface area contributed by atoms with E-state index in [1.54, 1.807) is 4.90 Å². The summed E-state index contributed by atoms with van der Waals surface area (Å²) in [5, 5.41) is 2.48. The molecule has 0 bridgehead atoms. The summed E-state index contributed by atoms with van der Waals surface area (Å²) in [6.45, 7) is 7.59. The molecule has 164 valence electrons. The molecule has 6 heteroatoms. The van der Waals surface area contributed by atoms with E-state index in [2.05, 4.69) is 48.5 Å². The standard InChI is InChI=1S/C25H31N2O3P/c1-25(2,3)30-24(29)26-16-14-19(18-26)27-17-15-22(23(27)28)31(20-10-6-4-7-11-20)21-12-8-5-9-13-21/h4-13,19,22H,14-18H2,1-3H3. The quantitative estimate of drug-likeness (QED) is 0.684. The van der Waals surface area contributed by atoms with Gasteiger partial charge in [-0.1, -0.05) is 60.7 Å². The monoisotopic (exact) mass is 438 g/mol. The fourth-order valence-electron chi connectivity index (χ4n) is 4.46. The normalized spacial score (nSPS) is 21.7. The molecule has 4 rings (SSSR count). The van der Waals surface area contributed by atoms with E-state index >= 15 is 0 Å². The van der Waals surface area contributed by atoms with Crippen LogP contribution in [0, 0.1) is 0 Å². The summed E-state index contributed by atoms with van der Waals surface area (Å²) in [6.07, 6.45) is 1.39. The largest absolute Gasteiger partial charge is 0.444 e. The second-order valence-corrected chi connectivity index (χ2v) is 11.6. The second-order valence-electron chi connectivity index (χ2n) is 9.25. The maximum atomic E-state index is 13.6. The molecule has 0 saturated carbocycles. The van der Waals surface area contributed by atoms with Crippen molar-refractivity contribution in [2.75, 3.05) is 19.6 Å². The first-order valence-corrected chi connectivity index (χ1v) is 12.4. The number of benzene rings is 2. The molecule has 0 aliphatic carbocycles. The van der Waals surface area contributed by atoms with Crippen molar-refractivity contribution in [1.82, 2.24) is 9.80 Å². The van der Waals surface area contributed by atoms with Crippen molar-refractivity contribution in [3.63, 3.8) is 0 Å². The lowest BCUT2D eigenvalue weighted by molar-refractivity contribution is -0.129. The predicted octanol–water partition coefficient (Wildman–Crippen LogP) is 3.73. The van der Waals surface area contributed by atoms with Crippen molar-refractivity contribution < 1.29 is 14.3 Å². The molecule has 2 aliphatic rings. The molecular weight excluding hydrogens is 407 g/mol. The highest BCUT2D eigenvalue weighted by atomic mass is 31.1. The first kappa shape index (κ1) is 21.8. The molecule has 0 N–H and O–H groups in total. The summed E-state index contributed by atoms with van der Waals surface area (Å²) >= 11 is 0. The number of ether oxygens (including phenoxy) is 1. The van der Waals surface area contributed by atoms with Crippen molar-refractivity contribution in [3.05, 3.63) is 60.7 Å². The lowest BCUT2D eigenvalue weighted by atomic mass is 10.2. The molecule has 2 aliphatic heterocycles. The lowest BCUT2D eigenvalue weighted by Crippen LogP contribution is -2.42. The van der Waals surface area contributed by atoms with Crippen LogP contribution >= 0.6 is 7.92 Å². The maximum Gasteiger partial charge on any atom is 0.410 e. The van der Waals surface area contributed by atoms with E-state index in [0.29, 0.717) is 13.1 Å². The van der Waals surface area contributed by atoms with Crippen molar-refractivity contribution in [1.29, 1.82) is 0 Å². The van der Waals surface area contributed by atoms with Gasteiger partial charge in [-0.2, -0.15) is 0 Å². The molecule has 2 saturated heterocycles.